The second-order valence-corrected chi connectivity index (χ2v) is 7.55. The third-order valence-corrected chi connectivity index (χ3v) is 5.68. The van der Waals surface area contributed by atoms with Crippen molar-refractivity contribution in [2.45, 2.75) is 18.0 Å². The van der Waals surface area contributed by atoms with Crippen molar-refractivity contribution in [3.8, 4) is 0 Å². The monoisotopic (exact) mass is 375 g/mol. The number of hydrogen-bond donors (Lipinski definition) is 1. The molecule has 4 aromatic rings. The van der Waals surface area contributed by atoms with Crippen LogP contribution >= 0.6 is 11.8 Å². The van der Waals surface area contributed by atoms with Crippen LogP contribution in [0.5, 0.6) is 0 Å². The van der Waals surface area contributed by atoms with E-state index >= 15 is 0 Å². The second-order valence-electron chi connectivity index (χ2n) is 6.48. The number of H-pyrrole nitrogens is 1. The molecule has 0 radical (unpaired) electrons. The summed E-state index contributed by atoms with van der Waals surface area (Å²) in [6.07, 6.45) is 1.38. The van der Waals surface area contributed by atoms with Gasteiger partial charge in [0.25, 0.3) is 0 Å². The van der Waals surface area contributed by atoms with E-state index in [0.717, 1.165) is 40.7 Å². The van der Waals surface area contributed by atoms with Crippen LogP contribution in [0, 0.1) is 0 Å². The largest absolute Gasteiger partial charge is 0.338 e. The van der Waals surface area contributed by atoms with Crippen molar-refractivity contribution in [2.75, 3.05) is 17.2 Å². The summed E-state index contributed by atoms with van der Waals surface area (Å²) in [5, 5.41) is 10.1. The van der Waals surface area contributed by atoms with E-state index in [1.54, 1.807) is 0 Å². The molecule has 0 atom stereocenters. The van der Waals surface area contributed by atoms with Gasteiger partial charge in [-0.05, 0) is 24.1 Å². The van der Waals surface area contributed by atoms with E-state index < -0.39 is 0 Å². The van der Waals surface area contributed by atoms with Crippen LogP contribution in [0.3, 0.4) is 0 Å². The summed E-state index contributed by atoms with van der Waals surface area (Å²) in [4.78, 5) is 22.3. The van der Waals surface area contributed by atoms with Crippen LogP contribution in [-0.2, 0) is 11.2 Å². The van der Waals surface area contributed by atoms with E-state index in [1.807, 2.05) is 47.4 Å². The standard InChI is InChI=1S/C20H17N5OS/c26-17(25-11-9-13-5-1-4-8-16(13)25)10-12-27-20-22-19-18(23-24-20)14-6-2-3-7-15(14)21-19/h1-8H,9-12H2,(H,21,22,24). The number of aromatic nitrogens is 4. The molecule has 3 heterocycles. The van der Waals surface area contributed by atoms with E-state index in [2.05, 4.69) is 26.2 Å². The quantitative estimate of drug-likeness (QED) is 0.552. The summed E-state index contributed by atoms with van der Waals surface area (Å²) >= 11 is 1.46. The highest BCUT2D eigenvalue weighted by molar-refractivity contribution is 7.99. The van der Waals surface area contributed by atoms with Gasteiger partial charge in [-0.1, -0.05) is 48.2 Å². The first-order valence-corrected chi connectivity index (χ1v) is 9.90. The Hall–Kier alpha value is -2.93. The molecule has 0 bridgehead atoms. The number of para-hydroxylation sites is 2. The van der Waals surface area contributed by atoms with Crippen LogP contribution in [0.15, 0.2) is 53.7 Å². The number of carbonyl (C=O) groups excluding carboxylic acids is 1. The summed E-state index contributed by atoms with van der Waals surface area (Å²) < 4.78 is 0. The van der Waals surface area contributed by atoms with E-state index in [0.29, 0.717) is 17.3 Å². The molecule has 7 heteroatoms. The van der Waals surface area contributed by atoms with Gasteiger partial charge in [0.15, 0.2) is 5.65 Å². The van der Waals surface area contributed by atoms with Gasteiger partial charge in [0.05, 0.1) is 0 Å². The van der Waals surface area contributed by atoms with Crippen LogP contribution < -0.4 is 4.90 Å². The minimum Gasteiger partial charge on any atom is -0.338 e. The number of fused-ring (bicyclic) bond motifs is 4. The molecule has 134 valence electrons. The van der Waals surface area contributed by atoms with Gasteiger partial charge in [0.2, 0.25) is 11.1 Å². The van der Waals surface area contributed by atoms with Crippen LogP contribution in [0.2, 0.25) is 0 Å². The first-order chi connectivity index (χ1) is 13.3. The number of rotatable bonds is 4. The fourth-order valence-corrected chi connectivity index (χ4v) is 4.24. The fraction of sp³-hybridized carbons (Fsp3) is 0.200. The Labute approximate surface area is 160 Å². The lowest BCUT2D eigenvalue weighted by Crippen LogP contribution is -2.29. The zero-order valence-corrected chi connectivity index (χ0v) is 15.4. The van der Waals surface area contributed by atoms with Crippen molar-refractivity contribution in [3.05, 3.63) is 54.1 Å². The SMILES string of the molecule is O=C(CCSc1nnc2c(n1)[nH]c1ccccc12)N1CCc2ccccc21. The van der Waals surface area contributed by atoms with Crippen LogP contribution in [0.1, 0.15) is 12.0 Å². The Morgan fingerprint density at radius 2 is 1.96 bits per heavy atom. The molecule has 0 fully saturated rings. The third-order valence-electron chi connectivity index (χ3n) is 4.84. The average molecular weight is 375 g/mol. The maximum Gasteiger partial charge on any atom is 0.227 e. The molecule has 5 rings (SSSR count). The smallest absolute Gasteiger partial charge is 0.227 e. The van der Waals surface area contributed by atoms with Crippen LogP contribution in [0.25, 0.3) is 22.1 Å². The molecule has 0 unspecified atom stereocenters. The first-order valence-electron chi connectivity index (χ1n) is 8.92. The molecule has 1 amide bonds. The molecule has 0 saturated heterocycles. The Balaban J connectivity index is 1.26. The van der Waals surface area contributed by atoms with Crippen LogP contribution in [0.4, 0.5) is 5.69 Å². The normalized spacial score (nSPS) is 13.4. The number of anilines is 1. The van der Waals surface area contributed by atoms with E-state index in [4.69, 9.17) is 0 Å². The van der Waals surface area contributed by atoms with Crippen molar-refractivity contribution in [1.29, 1.82) is 0 Å². The molecule has 0 saturated carbocycles. The van der Waals surface area contributed by atoms with Crippen molar-refractivity contribution < 1.29 is 4.79 Å². The summed E-state index contributed by atoms with van der Waals surface area (Å²) in [6.45, 7) is 0.766. The average Bonchev–Trinajstić information content (AvgIpc) is 3.29. The molecule has 27 heavy (non-hydrogen) atoms. The van der Waals surface area contributed by atoms with Gasteiger partial charge in [0.1, 0.15) is 5.52 Å². The Morgan fingerprint density at radius 1 is 1.11 bits per heavy atom. The molecule has 2 aromatic carbocycles. The predicted octanol–water partition coefficient (Wildman–Crippen LogP) is 3.58. The highest BCUT2D eigenvalue weighted by Crippen LogP contribution is 2.28. The number of nitrogens with zero attached hydrogens (tertiary/aromatic N) is 4. The number of benzene rings is 2. The Bertz CT molecular complexity index is 1160. The van der Waals surface area contributed by atoms with Crippen molar-refractivity contribution in [2.24, 2.45) is 0 Å². The summed E-state index contributed by atoms with van der Waals surface area (Å²) in [7, 11) is 0. The van der Waals surface area contributed by atoms with Gasteiger partial charge >= 0.3 is 0 Å². The van der Waals surface area contributed by atoms with Gasteiger partial charge in [-0.2, -0.15) is 0 Å². The van der Waals surface area contributed by atoms with Gasteiger partial charge in [-0.15, -0.1) is 10.2 Å². The number of carbonyl (C=O) groups is 1. The number of thioether (sulfide) groups is 1. The fourth-order valence-electron chi connectivity index (χ4n) is 3.53. The van der Waals surface area contributed by atoms with Gasteiger partial charge in [-0.25, -0.2) is 4.98 Å². The molecule has 1 aliphatic rings. The Kier molecular flexibility index (Phi) is 4.01. The lowest BCUT2D eigenvalue weighted by molar-refractivity contribution is -0.118. The predicted molar refractivity (Wildman–Crippen MR) is 107 cm³/mol. The van der Waals surface area contributed by atoms with E-state index in [-0.39, 0.29) is 5.91 Å². The van der Waals surface area contributed by atoms with Gasteiger partial charge in [-0.3, -0.25) is 4.79 Å². The molecular formula is C20H17N5OS. The Morgan fingerprint density at radius 3 is 2.93 bits per heavy atom. The van der Waals surface area contributed by atoms with E-state index in [1.165, 1.54) is 17.3 Å². The molecule has 6 nitrogen and oxygen atoms in total. The minimum atomic E-state index is 0.145. The summed E-state index contributed by atoms with van der Waals surface area (Å²) in [5.74, 6) is 0.775. The first kappa shape index (κ1) is 16.3. The topological polar surface area (TPSA) is 74.8 Å². The van der Waals surface area contributed by atoms with Crippen molar-refractivity contribution in [1.82, 2.24) is 20.2 Å². The molecular weight excluding hydrogens is 358 g/mol. The summed E-state index contributed by atoms with van der Waals surface area (Å²) in [6, 6.07) is 16.1. The minimum absolute atomic E-state index is 0.145. The maximum absolute atomic E-state index is 12.6. The molecule has 0 spiro atoms. The number of hydrogen-bond acceptors (Lipinski definition) is 5. The molecule has 1 N–H and O–H groups in total. The van der Waals surface area contributed by atoms with Gasteiger partial charge in [0, 0.05) is 35.3 Å². The van der Waals surface area contributed by atoms with Crippen molar-refractivity contribution in [3.63, 3.8) is 0 Å². The highest BCUT2D eigenvalue weighted by Gasteiger charge is 2.23. The lowest BCUT2D eigenvalue weighted by Gasteiger charge is -2.16. The number of amides is 1. The zero-order valence-electron chi connectivity index (χ0n) is 14.6. The summed E-state index contributed by atoms with van der Waals surface area (Å²) in [5.41, 5.74) is 4.80. The second kappa shape index (κ2) is 6.66. The highest BCUT2D eigenvalue weighted by atomic mass is 32.2. The molecule has 0 aliphatic carbocycles. The lowest BCUT2D eigenvalue weighted by atomic mass is 10.2. The number of nitrogens with one attached hydrogen (secondary N) is 1. The van der Waals surface area contributed by atoms with Crippen LogP contribution in [-0.4, -0.2) is 38.4 Å². The third kappa shape index (κ3) is 2.94. The van der Waals surface area contributed by atoms with Crippen molar-refractivity contribution >= 4 is 45.4 Å². The molecule has 2 aromatic heterocycles. The van der Waals surface area contributed by atoms with Gasteiger partial charge < -0.3 is 9.88 Å². The molecule has 1 aliphatic heterocycles. The maximum atomic E-state index is 12.6. The van der Waals surface area contributed by atoms with E-state index in [9.17, 15) is 4.79 Å². The zero-order chi connectivity index (χ0) is 18.2. The number of aromatic amines is 1.